The summed E-state index contributed by atoms with van der Waals surface area (Å²) in [6, 6.07) is 8.34. The van der Waals surface area contributed by atoms with Crippen molar-refractivity contribution in [2.24, 2.45) is 0 Å². The zero-order valence-electron chi connectivity index (χ0n) is 10.8. The molecule has 1 N–H and O–H groups in total. The van der Waals surface area contributed by atoms with Crippen LogP contribution in [0.1, 0.15) is 10.4 Å². The van der Waals surface area contributed by atoms with Crippen molar-refractivity contribution in [1.82, 2.24) is 0 Å². The first kappa shape index (κ1) is 15.6. The van der Waals surface area contributed by atoms with Gasteiger partial charge in [0.1, 0.15) is 5.69 Å². The molecule has 2 aromatic rings. The quantitative estimate of drug-likeness (QED) is 0.823. The molecule has 0 amide bonds. The molecule has 110 valence electrons. The zero-order valence-corrected chi connectivity index (χ0v) is 12.4. The molecule has 0 aliphatic rings. The van der Waals surface area contributed by atoms with Crippen molar-refractivity contribution in [2.75, 3.05) is 10.6 Å². The lowest BCUT2D eigenvalue weighted by molar-refractivity contribution is 0.0697. The first-order chi connectivity index (χ1) is 9.97. The number of nitrogens with zero attached hydrogens (tertiary/aromatic N) is 1. The fraction of sp³-hybridized carbons (Fsp3) is 0.0714. The number of benzene rings is 2. The van der Waals surface area contributed by atoms with Gasteiger partial charge in [-0.2, -0.15) is 0 Å². The highest BCUT2D eigenvalue weighted by Gasteiger charge is 2.25. The van der Waals surface area contributed by atoms with Gasteiger partial charge in [0.25, 0.3) is 0 Å². The smallest absolute Gasteiger partial charge is 0.337 e. The Bertz CT molecular complexity index is 697. The Kier molecular flexibility index (Phi) is 4.69. The number of carboxylic acid groups (broad SMARTS) is 1. The second-order valence-electron chi connectivity index (χ2n) is 3.99. The van der Waals surface area contributed by atoms with E-state index < -0.39 is 17.6 Å². The Hall–Kier alpha value is -1.79. The van der Waals surface area contributed by atoms with E-state index in [9.17, 15) is 18.7 Å². The van der Waals surface area contributed by atoms with Gasteiger partial charge in [-0.1, -0.05) is 23.7 Å². The molecule has 0 aliphatic heterocycles. The van der Waals surface area contributed by atoms with E-state index in [0.717, 1.165) is 24.1 Å². The third kappa shape index (κ3) is 2.96. The number of rotatable bonds is 4. The topological polar surface area (TPSA) is 40.5 Å². The van der Waals surface area contributed by atoms with E-state index in [1.807, 2.05) is 0 Å². The average molecular weight is 330 g/mol. The maximum absolute atomic E-state index is 14.1. The van der Waals surface area contributed by atoms with Gasteiger partial charge in [0, 0.05) is 6.26 Å². The van der Waals surface area contributed by atoms with Gasteiger partial charge < -0.3 is 5.11 Å². The summed E-state index contributed by atoms with van der Waals surface area (Å²) in [6.45, 7) is 0. The van der Waals surface area contributed by atoms with Crippen LogP contribution in [-0.2, 0) is 0 Å². The SMILES string of the molecule is CSN(c1ccccc1Cl)c1c(C(=O)O)ccc(F)c1F. The number of anilines is 2. The van der Waals surface area contributed by atoms with Crippen molar-refractivity contribution < 1.29 is 18.7 Å². The summed E-state index contributed by atoms with van der Waals surface area (Å²) < 4.78 is 28.9. The van der Waals surface area contributed by atoms with Crippen LogP contribution >= 0.6 is 23.5 Å². The van der Waals surface area contributed by atoms with Crippen LogP contribution in [0.15, 0.2) is 36.4 Å². The molecule has 0 atom stereocenters. The fourth-order valence-corrected chi connectivity index (χ4v) is 2.82. The molecule has 2 rings (SSSR count). The minimum atomic E-state index is -1.35. The summed E-state index contributed by atoms with van der Waals surface area (Å²) in [7, 11) is 0. The molecule has 7 heteroatoms. The van der Waals surface area contributed by atoms with Gasteiger partial charge in [0.2, 0.25) is 0 Å². The predicted molar refractivity (Wildman–Crippen MR) is 80.4 cm³/mol. The van der Waals surface area contributed by atoms with Crippen molar-refractivity contribution in [3.63, 3.8) is 0 Å². The van der Waals surface area contributed by atoms with E-state index in [1.165, 1.54) is 4.31 Å². The molecule has 0 bridgehead atoms. The summed E-state index contributed by atoms with van der Waals surface area (Å²) in [6.07, 6.45) is 1.61. The average Bonchev–Trinajstić information content (AvgIpc) is 2.45. The van der Waals surface area contributed by atoms with E-state index >= 15 is 0 Å². The van der Waals surface area contributed by atoms with Crippen LogP contribution in [0, 0.1) is 11.6 Å². The van der Waals surface area contributed by atoms with E-state index in [4.69, 9.17) is 11.6 Å². The summed E-state index contributed by atoms with van der Waals surface area (Å²) >= 11 is 7.08. The highest BCUT2D eigenvalue weighted by molar-refractivity contribution is 8.00. The normalized spacial score (nSPS) is 10.5. The van der Waals surface area contributed by atoms with Crippen molar-refractivity contribution in [1.29, 1.82) is 0 Å². The largest absolute Gasteiger partial charge is 0.478 e. The Morgan fingerprint density at radius 3 is 2.48 bits per heavy atom. The molecule has 0 radical (unpaired) electrons. The maximum Gasteiger partial charge on any atom is 0.337 e. The molecule has 0 aliphatic carbocycles. The summed E-state index contributed by atoms with van der Waals surface area (Å²) in [5.74, 6) is -3.71. The monoisotopic (exact) mass is 329 g/mol. The fourth-order valence-electron chi connectivity index (χ4n) is 1.84. The number of para-hydroxylation sites is 1. The molecule has 0 saturated carbocycles. The van der Waals surface area contributed by atoms with E-state index in [0.29, 0.717) is 10.7 Å². The minimum Gasteiger partial charge on any atom is -0.478 e. The molecule has 0 aromatic heterocycles. The Morgan fingerprint density at radius 2 is 1.90 bits per heavy atom. The van der Waals surface area contributed by atoms with Crippen molar-refractivity contribution in [3.8, 4) is 0 Å². The highest BCUT2D eigenvalue weighted by atomic mass is 35.5. The molecule has 0 unspecified atom stereocenters. The predicted octanol–water partition coefficient (Wildman–Crippen LogP) is 4.73. The van der Waals surface area contributed by atoms with Gasteiger partial charge in [-0.15, -0.1) is 0 Å². The van der Waals surface area contributed by atoms with E-state index in [-0.39, 0.29) is 11.3 Å². The number of carbonyl (C=O) groups is 1. The third-order valence-electron chi connectivity index (χ3n) is 2.76. The zero-order chi connectivity index (χ0) is 15.6. The van der Waals surface area contributed by atoms with E-state index in [1.54, 1.807) is 30.5 Å². The molecular weight excluding hydrogens is 320 g/mol. The summed E-state index contributed by atoms with van der Waals surface area (Å²) in [5, 5.41) is 9.48. The van der Waals surface area contributed by atoms with Crippen LogP contribution in [-0.4, -0.2) is 17.3 Å². The Labute approximate surface area is 129 Å². The standard InChI is InChI=1S/C14H10ClF2NO2S/c1-21-18(11-5-3-2-4-9(11)15)13-8(14(19)20)6-7-10(16)12(13)17/h2-7H,1H3,(H,19,20). The maximum atomic E-state index is 14.1. The number of carboxylic acids is 1. The van der Waals surface area contributed by atoms with Crippen LogP contribution in [0.3, 0.4) is 0 Å². The van der Waals surface area contributed by atoms with Crippen LogP contribution in [0.5, 0.6) is 0 Å². The third-order valence-corrected chi connectivity index (χ3v) is 3.82. The van der Waals surface area contributed by atoms with Gasteiger partial charge in [0.05, 0.1) is 16.3 Å². The Morgan fingerprint density at radius 1 is 1.24 bits per heavy atom. The van der Waals surface area contributed by atoms with Gasteiger partial charge in [-0.3, -0.25) is 4.31 Å². The number of halogens is 3. The van der Waals surface area contributed by atoms with Crippen LogP contribution in [0.4, 0.5) is 20.2 Å². The summed E-state index contributed by atoms with van der Waals surface area (Å²) in [4.78, 5) is 11.3. The second-order valence-corrected chi connectivity index (χ2v) is 5.13. The first-order valence-corrected chi connectivity index (χ1v) is 7.33. The molecular formula is C14H10ClF2NO2S. The molecule has 0 spiro atoms. The minimum absolute atomic E-state index is 0.298. The first-order valence-electron chi connectivity index (χ1n) is 5.77. The van der Waals surface area contributed by atoms with Crippen LogP contribution in [0.2, 0.25) is 5.02 Å². The van der Waals surface area contributed by atoms with Gasteiger partial charge in [-0.05, 0) is 36.2 Å². The Balaban J connectivity index is 2.71. The molecule has 2 aromatic carbocycles. The second kappa shape index (κ2) is 6.32. The van der Waals surface area contributed by atoms with E-state index in [2.05, 4.69) is 0 Å². The molecule has 3 nitrogen and oxygen atoms in total. The lowest BCUT2D eigenvalue weighted by atomic mass is 10.1. The molecule has 21 heavy (non-hydrogen) atoms. The van der Waals surface area contributed by atoms with Gasteiger partial charge >= 0.3 is 5.97 Å². The lowest BCUT2D eigenvalue weighted by Crippen LogP contribution is -2.15. The van der Waals surface area contributed by atoms with Crippen LogP contribution in [0.25, 0.3) is 0 Å². The summed E-state index contributed by atoms with van der Waals surface area (Å²) in [5.41, 5.74) is -0.343. The van der Waals surface area contributed by atoms with Gasteiger partial charge in [-0.25, -0.2) is 13.6 Å². The molecule has 0 heterocycles. The van der Waals surface area contributed by atoms with Crippen molar-refractivity contribution in [3.05, 3.63) is 58.6 Å². The van der Waals surface area contributed by atoms with Crippen molar-refractivity contribution >= 4 is 40.9 Å². The highest BCUT2D eigenvalue weighted by Crippen LogP contribution is 2.40. The number of hydrogen-bond acceptors (Lipinski definition) is 3. The number of aromatic carboxylic acids is 1. The van der Waals surface area contributed by atoms with Crippen LogP contribution < -0.4 is 4.31 Å². The van der Waals surface area contributed by atoms with Crippen molar-refractivity contribution in [2.45, 2.75) is 0 Å². The van der Waals surface area contributed by atoms with Gasteiger partial charge in [0.15, 0.2) is 11.6 Å². The molecule has 0 saturated heterocycles. The molecule has 0 fully saturated rings. The number of hydrogen-bond donors (Lipinski definition) is 1. The lowest BCUT2D eigenvalue weighted by Gasteiger charge is -2.24.